The second kappa shape index (κ2) is 8.16. The molecule has 0 saturated carbocycles. The average Bonchev–Trinajstić information content (AvgIpc) is 2.57. The normalized spacial score (nSPS) is 10.1. The van der Waals surface area contributed by atoms with Crippen molar-refractivity contribution in [1.29, 1.82) is 0 Å². The van der Waals surface area contributed by atoms with Crippen molar-refractivity contribution >= 4 is 29.0 Å². The van der Waals surface area contributed by atoms with Crippen molar-refractivity contribution in [3.05, 3.63) is 63.7 Å². The van der Waals surface area contributed by atoms with Crippen LogP contribution in [0.25, 0.3) is 0 Å². The molecule has 0 aromatic heterocycles. The van der Waals surface area contributed by atoms with E-state index >= 15 is 0 Å². The Morgan fingerprint density at radius 3 is 2.67 bits per heavy atom. The van der Waals surface area contributed by atoms with Gasteiger partial charge in [0.2, 0.25) is 0 Å². The third-order valence-corrected chi connectivity index (χ3v) is 3.50. The Morgan fingerprint density at radius 1 is 1.29 bits per heavy atom. The third-order valence-electron chi connectivity index (χ3n) is 3.18. The number of ether oxygens (including phenoxy) is 1. The largest absolute Gasteiger partial charge is 0.492 e. The second-order valence-corrected chi connectivity index (χ2v) is 5.34. The Kier molecular flexibility index (Phi) is 5.97. The van der Waals surface area contributed by atoms with Crippen LogP contribution in [0.3, 0.4) is 0 Å². The molecule has 0 radical (unpaired) electrons. The van der Waals surface area contributed by atoms with E-state index in [1.807, 2.05) is 30.3 Å². The highest BCUT2D eigenvalue weighted by atomic mass is 35.5. The van der Waals surface area contributed by atoms with E-state index in [1.165, 1.54) is 23.1 Å². The van der Waals surface area contributed by atoms with Gasteiger partial charge < -0.3 is 15.0 Å². The topological polar surface area (TPSA) is 84.7 Å². The number of hydrogen-bond donors (Lipinski definition) is 1. The lowest BCUT2D eigenvalue weighted by Gasteiger charge is -2.18. The maximum atomic E-state index is 12.1. The van der Waals surface area contributed by atoms with Crippen molar-refractivity contribution in [3.8, 4) is 5.75 Å². The Morgan fingerprint density at radius 2 is 2.00 bits per heavy atom. The number of carbonyl (C=O) groups is 1. The summed E-state index contributed by atoms with van der Waals surface area (Å²) in [4.78, 5) is 23.7. The molecule has 24 heavy (non-hydrogen) atoms. The first-order valence-electron chi connectivity index (χ1n) is 7.11. The van der Waals surface area contributed by atoms with E-state index in [-0.39, 0.29) is 10.7 Å². The molecule has 0 fully saturated rings. The molecule has 0 bridgehead atoms. The van der Waals surface area contributed by atoms with Crippen LogP contribution in [-0.4, -0.2) is 36.1 Å². The SMILES string of the molecule is CN(CCOc1ccccc1)C(=O)Nc1ccc(Cl)c([N+](=O)[O-])c1. The number of benzene rings is 2. The zero-order valence-corrected chi connectivity index (χ0v) is 13.7. The summed E-state index contributed by atoms with van der Waals surface area (Å²) in [5, 5.41) is 13.4. The summed E-state index contributed by atoms with van der Waals surface area (Å²) >= 11 is 5.74. The second-order valence-electron chi connectivity index (χ2n) is 4.94. The van der Waals surface area contributed by atoms with Crippen molar-refractivity contribution in [3.63, 3.8) is 0 Å². The van der Waals surface area contributed by atoms with Gasteiger partial charge in [-0.1, -0.05) is 29.8 Å². The van der Waals surface area contributed by atoms with Crippen molar-refractivity contribution in [2.45, 2.75) is 0 Å². The number of para-hydroxylation sites is 1. The molecule has 7 nitrogen and oxygen atoms in total. The van der Waals surface area contributed by atoms with Gasteiger partial charge >= 0.3 is 6.03 Å². The lowest BCUT2D eigenvalue weighted by Crippen LogP contribution is -2.34. The van der Waals surface area contributed by atoms with Gasteiger partial charge in [-0.25, -0.2) is 4.79 Å². The molecular formula is C16H16ClN3O4. The highest BCUT2D eigenvalue weighted by molar-refractivity contribution is 6.32. The number of nitrogens with one attached hydrogen (secondary N) is 1. The molecule has 0 unspecified atom stereocenters. The Hall–Kier alpha value is -2.80. The van der Waals surface area contributed by atoms with Gasteiger partial charge in [0.15, 0.2) is 0 Å². The van der Waals surface area contributed by atoms with E-state index in [0.717, 1.165) is 5.75 Å². The van der Waals surface area contributed by atoms with Gasteiger partial charge in [-0.3, -0.25) is 10.1 Å². The van der Waals surface area contributed by atoms with Crippen LogP contribution in [0, 0.1) is 10.1 Å². The predicted octanol–water partition coefficient (Wildman–Crippen LogP) is 3.79. The number of nitro groups is 1. The molecule has 0 saturated heterocycles. The molecule has 8 heteroatoms. The molecule has 126 valence electrons. The number of rotatable bonds is 6. The van der Waals surface area contributed by atoms with Gasteiger partial charge in [0, 0.05) is 18.8 Å². The summed E-state index contributed by atoms with van der Waals surface area (Å²) in [7, 11) is 1.61. The number of urea groups is 1. The van der Waals surface area contributed by atoms with Crippen LogP contribution in [0.5, 0.6) is 5.75 Å². The summed E-state index contributed by atoms with van der Waals surface area (Å²) in [5.41, 5.74) is 0.0384. The number of nitrogens with zero attached hydrogens (tertiary/aromatic N) is 2. The standard InChI is InChI=1S/C16H16ClN3O4/c1-19(9-10-24-13-5-3-2-4-6-13)16(21)18-12-7-8-14(17)15(11-12)20(22)23/h2-8,11H,9-10H2,1H3,(H,18,21). The van der Waals surface area contributed by atoms with Crippen LogP contribution in [0.1, 0.15) is 0 Å². The number of anilines is 1. The molecule has 2 amide bonds. The summed E-state index contributed by atoms with van der Waals surface area (Å²) < 4.78 is 5.51. The third kappa shape index (κ3) is 4.85. The van der Waals surface area contributed by atoms with Gasteiger partial charge in [0.1, 0.15) is 17.4 Å². The Labute approximate surface area is 143 Å². The van der Waals surface area contributed by atoms with E-state index < -0.39 is 11.0 Å². The van der Waals surface area contributed by atoms with Gasteiger partial charge in [-0.2, -0.15) is 0 Å². The Bertz CT molecular complexity index is 725. The number of carbonyl (C=O) groups excluding carboxylic acids is 1. The van der Waals surface area contributed by atoms with E-state index in [9.17, 15) is 14.9 Å². The summed E-state index contributed by atoms with van der Waals surface area (Å²) in [6.07, 6.45) is 0. The van der Waals surface area contributed by atoms with Crippen LogP contribution in [0.2, 0.25) is 5.02 Å². The van der Waals surface area contributed by atoms with Gasteiger partial charge in [-0.15, -0.1) is 0 Å². The van der Waals surface area contributed by atoms with Crippen LogP contribution < -0.4 is 10.1 Å². The molecule has 2 aromatic rings. The fourth-order valence-electron chi connectivity index (χ4n) is 1.87. The minimum Gasteiger partial charge on any atom is -0.492 e. The first-order valence-corrected chi connectivity index (χ1v) is 7.49. The van der Waals surface area contributed by atoms with Crippen LogP contribution >= 0.6 is 11.6 Å². The first-order chi connectivity index (χ1) is 11.5. The van der Waals surface area contributed by atoms with Gasteiger partial charge in [0.05, 0.1) is 11.5 Å². The number of likely N-dealkylation sites (N-methyl/N-ethyl adjacent to an activating group) is 1. The molecule has 0 aliphatic heterocycles. The van der Waals surface area contributed by atoms with Crippen molar-refractivity contribution in [2.24, 2.45) is 0 Å². The maximum Gasteiger partial charge on any atom is 0.321 e. The van der Waals surface area contributed by atoms with Crippen molar-refractivity contribution in [2.75, 3.05) is 25.5 Å². The lowest BCUT2D eigenvalue weighted by atomic mass is 10.3. The van der Waals surface area contributed by atoms with E-state index in [4.69, 9.17) is 16.3 Å². The molecule has 0 spiro atoms. The molecule has 0 heterocycles. The Balaban J connectivity index is 1.87. The quantitative estimate of drug-likeness (QED) is 0.635. The molecule has 1 N–H and O–H groups in total. The zero-order chi connectivity index (χ0) is 17.5. The van der Waals surface area contributed by atoms with Gasteiger partial charge in [0.25, 0.3) is 5.69 Å². The number of hydrogen-bond acceptors (Lipinski definition) is 4. The monoisotopic (exact) mass is 349 g/mol. The van der Waals surface area contributed by atoms with Crippen LogP contribution in [0.15, 0.2) is 48.5 Å². The van der Waals surface area contributed by atoms with E-state index in [0.29, 0.717) is 18.8 Å². The van der Waals surface area contributed by atoms with Crippen LogP contribution in [0.4, 0.5) is 16.2 Å². The maximum absolute atomic E-state index is 12.1. The summed E-state index contributed by atoms with van der Waals surface area (Å²) in [6.45, 7) is 0.686. The molecule has 0 atom stereocenters. The molecule has 2 aromatic carbocycles. The highest BCUT2D eigenvalue weighted by Gasteiger charge is 2.15. The molecular weight excluding hydrogens is 334 g/mol. The highest BCUT2D eigenvalue weighted by Crippen LogP contribution is 2.27. The fraction of sp³-hybridized carbons (Fsp3) is 0.188. The van der Waals surface area contributed by atoms with Crippen molar-refractivity contribution < 1.29 is 14.5 Å². The van der Waals surface area contributed by atoms with Crippen molar-refractivity contribution in [1.82, 2.24) is 4.90 Å². The minimum absolute atomic E-state index is 0.0163. The minimum atomic E-state index is -0.602. The zero-order valence-electron chi connectivity index (χ0n) is 12.9. The number of nitro benzene ring substituents is 1. The predicted molar refractivity (Wildman–Crippen MR) is 91.7 cm³/mol. The number of amides is 2. The van der Waals surface area contributed by atoms with E-state index in [1.54, 1.807) is 7.05 Å². The number of halogens is 1. The summed E-state index contributed by atoms with van der Waals surface area (Å²) in [6, 6.07) is 12.9. The average molecular weight is 350 g/mol. The lowest BCUT2D eigenvalue weighted by molar-refractivity contribution is -0.384. The van der Waals surface area contributed by atoms with Crippen LogP contribution in [-0.2, 0) is 0 Å². The molecule has 0 aliphatic carbocycles. The van der Waals surface area contributed by atoms with Gasteiger partial charge in [-0.05, 0) is 24.3 Å². The first kappa shape index (κ1) is 17.6. The molecule has 2 rings (SSSR count). The summed E-state index contributed by atoms with van der Waals surface area (Å²) in [5.74, 6) is 0.722. The molecule has 0 aliphatic rings. The smallest absolute Gasteiger partial charge is 0.321 e. The van der Waals surface area contributed by atoms with E-state index in [2.05, 4.69) is 5.32 Å². The fourth-order valence-corrected chi connectivity index (χ4v) is 2.05.